The minimum Gasteiger partial charge on any atom is -0.228 e. The van der Waals surface area contributed by atoms with E-state index in [1.165, 1.54) is 32.3 Å². The van der Waals surface area contributed by atoms with Crippen molar-refractivity contribution in [3.63, 3.8) is 0 Å². The first kappa shape index (κ1) is 22.5. The van der Waals surface area contributed by atoms with Crippen molar-refractivity contribution in [3.05, 3.63) is 106 Å². The van der Waals surface area contributed by atoms with Crippen LogP contribution in [0.25, 0.3) is 87.9 Å². The number of hydrogen-bond donors (Lipinski definition) is 0. The molecule has 0 aliphatic carbocycles. The zero-order chi connectivity index (χ0) is 26.5. The Hall–Kier alpha value is -4.26. The molecule has 186 valence electrons. The summed E-state index contributed by atoms with van der Waals surface area (Å²) in [5.74, 6) is 1.44. The van der Waals surface area contributed by atoms with Gasteiger partial charge >= 0.3 is 0 Å². The maximum Gasteiger partial charge on any atom is 0.161 e. The molecule has 0 aliphatic heterocycles. The number of nitrogens with zero attached hydrogens (tertiary/aromatic N) is 4. The molecule has 0 fully saturated rings. The summed E-state index contributed by atoms with van der Waals surface area (Å²) in [7, 11) is 0. The average molecular weight is 640 g/mol. The minimum atomic E-state index is 0.720. The van der Waals surface area contributed by atoms with E-state index in [2.05, 4.69) is 80.4 Å². The van der Waals surface area contributed by atoms with E-state index in [1.807, 2.05) is 48.5 Å². The van der Waals surface area contributed by atoms with E-state index in [1.54, 1.807) is 0 Å². The Morgan fingerprint density at radius 2 is 0.675 bits per heavy atom. The number of benzene rings is 7. The maximum absolute atomic E-state index is 5.02. The molecule has 0 N–H and O–H groups in total. The van der Waals surface area contributed by atoms with Gasteiger partial charge in [0.25, 0.3) is 0 Å². The molecule has 0 spiro atoms. The predicted octanol–water partition coefficient (Wildman–Crippen LogP) is 9.92. The second-order valence-electron chi connectivity index (χ2n) is 10.1. The van der Waals surface area contributed by atoms with Crippen molar-refractivity contribution in [1.82, 2.24) is 19.9 Å². The van der Waals surface area contributed by atoms with Crippen LogP contribution in [0.15, 0.2) is 106 Å². The van der Waals surface area contributed by atoms with Crippen molar-refractivity contribution in [2.45, 2.75) is 0 Å². The highest BCUT2D eigenvalue weighted by Gasteiger charge is 2.20. The third-order valence-corrected chi connectivity index (χ3v) is 9.33. The number of aromatic nitrogens is 4. The topological polar surface area (TPSA) is 51.6 Å². The Morgan fingerprint density at radius 3 is 1.00 bits per heavy atom. The average Bonchev–Trinajstić information content (AvgIpc) is 2.99. The molecule has 7 aromatic carbocycles. The lowest BCUT2D eigenvalue weighted by Crippen LogP contribution is -1.97. The first-order valence-electron chi connectivity index (χ1n) is 13.0. The molecule has 6 heteroatoms. The normalized spacial score (nSPS) is 12.2. The van der Waals surface area contributed by atoms with Gasteiger partial charge in [0, 0.05) is 41.6 Å². The standard InChI is InChI=1S/C34H16Br2N4/c35-23-7-3-1-5-21(23)33-37-25-13-9-17-19-11-15-27-32-28(40-34(39-27)22-6-2-4-8-24(22)36)16-12-20(30(19)32)18-10-14-26(38-33)31(25)29(17)18/h1-16H. The molecular weight excluding hydrogens is 624 g/mol. The molecule has 0 bridgehead atoms. The Labute approximate surface area is 244 Å². The quantitative estimate of drug-likeness (QED) is 0.139. The van der Waals surface area contributed by atoms with Gasteiger partial charge in [-0.05, 0) is 57.9 Å². The number of hydrogen-bond acceptors (Lipinski definition) is 4. The van der Waals surface area contributed by atoms with Crippen LogP contribution >= 0.6 is 31.9 Å². The van der Waals surface area contributed by atoms with E-state index >= 15 is 0 Å². The van der Waals surface area contributed by atoms with Crippen LogP contribution in [-0.2, 0) is 0 Å². The molecule has 0 saturated carbocycles. The minimum absolute atomic E-state index is 0.720. The highest BCUT2D eigenvalue weighted by Crippen LogP contribution is 2.45. The number of fused-ring (bicyclic) bond motifs is 2. The van der Waals surface area contributed by atoms with Gasteiger partial charge in [0.15, 0.2) is 11.6 Å². The maximum atomic E-state index is 5.02. The Balaban J connectivity index is 1.38. The van der Waals surface area contributed by atoms with Gasteiger partial charge in [-0.3, -0.25) is 0 Å². The lowest BCUT2D eigenvalue weighted by Gasteiger charge is -2.18. The summed E-state index contributed by atoms with van der Waals surface area (Å²) in [5.41, 5.74) is 5.76. The van der Waals surface area contributed by atoms with E-state index in [0.717, 1.165) is 64.6 Å². The third-order valence-electron chi connectivity index (χ3n) is 7.95. The summed E-state index contributed by atoms with van der Waals surface area (Å²) in [5, 5.41) is 9.39. The van der Waals surface area contributed by atoms with Crippen LogP contribution in [0.1, 0.15) is 0 Å². The van der Waals surface area contributed by atoms with Crippen LogP contribution in [0.4, 0.5) is 0 Å². The highest BCUT2D eigenvalue weighted by molar-refractivity contribution is 9.11. The summed E-state index contributed by atoms with van der Waals surface area (Å²) in [6.45, 7) is 0. The van der Waals surface area contributed by atoms with Gasteiger partial charge < -0.3 is 0 Å². The molecule has 9 aromatic rings. The van der Waals surface area contributed by atoms with Gasteiger partial charge in [0.1, 0.15) is 0 Å². The molecule has 0 amide bonds. The summed E-state index contributed by atoms with van der Waals surface area (Å²) in [6.07, 6.45) is 0. The lowest BCUT2D eigenvalue weighted by molar-refractivity contribution is 1.26. The highest BCUT2D eigenvalue weighted by atomic mass is 79.9. The largest absolute Gasteiger partial charge is 0.228 e. The smallest absolute Gasteiger partial charge is 0.161 e. The second-order valence-corrected chi connectivity index (χ2v) is 11.8. The molecule has 0 atom stereocenters. The van der Waals surface area contributed by atoms with Crippen molar-refractivity contribution in [2.75, 3.05) is 0 Å². The molecule has 2 aromatic heterocycles. The SMILES string of the molecule is Brc1ccccc1-c1nc2ccc3c4ccc5nc(-c6ccccc6Br)nc6ccc(c7ccc(n1)c2c37)c4c56. The summed E-state index contributed by atoms with van der Waals surface area (Å²) in [6, 6.07) is 33.5. The van der Waals surface area contributed by atoms with Gasteiger partial charge in [-0.1, -0.05) is 92.5 Å². The lowest BCUT2D eigenvalue weighted by atomic mass is 9.88. The van der Waals surface area contributed by atoms with E-state index in [0.29, 0.717) is 0 Å². The summed E-state index contributed by atoms with van der Waals surface area (Å²) < 4.78 is 1.96. The van der Waals surface area contributed by atoms with Crippen molar-refractivity contribution >= 4 is 97.0 Å². The van der Waals surface area contributed by atoms with Crippen LogP contribution in [0, 0.1) is 0 Å². The van der Waals surface area contributed by atoms with E-state index < -0.39 is 0 Å². The Bertz CT molecular complexity index is 2180. The van der Waals surface area contributed by atoms with Crippen LogP contribution in [0.2, 0.25) is 0 Å². The van der Waals surface area contributed by atoms with E-state index in [4.69, 9.17) is 19.9 Å². The summed E-state index contributed by atoms with van der Waals surface area (Å²) >= 11 is 7.34. The molecular formula is C34H16Br2N4. The Morgan fingerprint density at radius 1 is 0.350 bits per heavy atom. The predicted molar refractivity (Wildman–Crippen MR) is 171 cm³/mol. The molecule has 4 nitrogen and oxygen atoms in total. The Kier molecular flexibility index (Phi) is 4.58. The van der Waals surface area contributed by atoms with E-state index in [9.17, 15) is 0 Å². The number of halogens is 2. The van der Waals surface area contributed by atoms with Crippen LogP contribution in [0.5, 0.6) is 0 Å². The molecule has 9 rings (SSSR count). The second kappa shape index (κ2) is 8.13. The van der Waals surface area contributed by atoms with Gasteiger partial charge in [-0.25, -0.2) is 19.9 Å². The summed E-state index contributed by atoms with van der Waals surface area (Å²) in [4.78, 5) is 20.1. The molecule has 2 heterocycles. The number of rotatable bonds is 2. The molecule has 0 unspecified atom stereocenters. The van der Waals surface area contributed by atoms with E-state index in [-0.39, 0.29) is 0 Å². The zero-order valence-corrected chi connectivity index (χ0v) is 24.0. The molecule has 0 radical (unpaired) electrons. The first-order valence-corrected chi connectivity index (χ1v) is 14.6. The monoisotopic (exact) mass is 638 g/mol. The van der Waals surface area contributed by atoms with Crippen molar-refractivity contribution in [3.8, 4) is 22.8 Å². The van der Waals surface area contributed by atoms with Gasteiger partial charge in [-0.2, -0.15) is 0 Å². The fourth-order valence-electron chi connectivity index (χ4n) is 6.22. The van der Waals surface area contributed by atoms with Gasteiger partial charge in [-0.15, -0.1) is 0 Å². The van der Waals surface area contributed by atoms with Crippen LogP contribution < -0.4 is 0 Å². The fraction of sp³-hybridized carbons (Fsp3) is 0. The fourth-order valence-corrected chi connectivity index (χ4v) is 7.15. The molecule has 0 saturated heterocycles. The molecule has 40 heavy (non-hydrogen) atoms. The van der Waals surface area contributed by atoms with Crippen LogP contribution in [0.3, 0.4) is 0 Å². The van der Waals surface area contributed by atoms with Crippen LogP contribution in [-0.4, -0.2) is 19.9 Å². The molecule has 0 aliphatic rings. The van der Waals surface area contributed by atoms with Crippen molar-refractivity contribution in [1.29, 1.82) is 0 Å². The van der Waals surface area contributed by atoms with Gasteiger partial charge in [0.05, 0.1) is 22.1 Å². The van der Waals surface area contributed by atoms with Crippen molar-refractivity contribution < 1.29 is 0 Å². The third kappa shape index (κ3) is 3.00. The van der Waals surface area contributed by atoms with Gasteiger partial charge in [0.2, 0.25) is 0 Å². The first-order chi connectivity index (χ1) is 19.7. The van der Waals surface area contributed by atoms with Crippen molar-refractivity contribution in [2.24, 2.45) is 0 Å². The zero-order valence-electron chi connectivity index (χ0n) is 20.8.